The van der Waals surface area contributed by atoms with E-state index in [2.05, 4.69) is 14.9 Å². The topological polar surface area (TPSA) is 72.4 Å². The van der Waals surface area contributed by atoms with Crippen LogP contribution in [0.5, 0.6) is 5.75 Å². The van der Waals surface area contributed by atoms with Crippen molar-refractivity contribution in [1.82, 2.24) is 14.9 Å². The number of sulfone groups is 1. The van der Waals surface area contributed by atoms with Gasteiger partial charge in [-0.2, -0.15) is 13.2 Å². The molecule has 2 aromatic carbocycles. The number of alkyl halides is 3. The Kier molecular flexibility index (Phi) is 8.10. The quantitative estimate of drug-likeness (QED) is 0.323. The van der Waals surface area contributed by atoms with Gasteiger partial charge in [-0.25, -0.2) is 27.2 Å². The molecule has 0 amide bonds. The summed E-state index contributed by atoms with van der Waals surface area (Å²) in [4.78, 5) is 8.95. The standard InChI is InChI=1S/C28H28F5N3O3S/c29-22-15-27(40(37,38)16-21-8-9-34-17-35-21)23(30)14-26(22)39-25-7-6-19(13-24(25)36-10-1-2-11-36)18-4-3-5-20(12-18)28(31,32)33/h3-5,8-9,12,14-15,17,19,24-25H,1-2,6-7,10-11,13,16H2/t19-,24-,25-/m0/s1. The molecule has 1 saturated heterocycles. The second-order valence-electron chi connectivity index (χ2n) is 10.3. The molecule has 3 aromatic rings. The predicted molar refractivity (Wildman–Crippen MR) is 136 cm³/mol. The fourth-order valence-electron chi connectivity index (χ4n) is 5.66. The summed E-state index contributed by atoms with van der Waals surface area (Å²) in [5.41, 5.74) is 0.0301. The maximum Gasteiger partial charge on any atom is 0.416 e. The van der Waals surface area contributed by atoms with E-state index in [0.29, 0.717) is 30.9 Å². The molecule has 2 fully saturated rings. The zero-order valence-electron chi connectivity index (χ0n) is 21.4. The van der Waals surface area contributed by atoms with Crippen LogP contribution < -0.4 is 4.74 Å². The van der Waals surface area contributed by atoms with Crippen molar-refractivity contribution in [2.24, 2.45) is 0 Å². The number of likely N-dealkylation sites (tertiary alicyclic amines) is 1. The first-order valence-electron chi connectivity index (χ1n) is 13.1. The zero-order valence-corrected chi connectivity index (χ0v) is 22.3. The van der Waals surface area contributed by atoms with Crippen LogP contribution in [0.15, 0.2) is 59.9 Å². The summed E-state index contributed by atoms with van der Waals surface area (Å²) in [6.45, 7) is 1.55. The number of rotatable bonds is 7. The van der Waals surface area contributed by atoms with Crippen molar-refractivity contribution in [2.75, 3.05) is 13.1 Å². The van der Waals surface area contributed by atoms with Crippen LogP contribution in [-0.2, 0) is 21.8 Å². The van der Waals surface area contributed by atoms with Gasteiger partial charge in [0.1, 0.15) is 23.1 Å². The van der Waals surface area contributed by atoms with Gasteiger partial charge in [0.05, 0.1) is 17.0 Å². The summed E-state index contributed by atoms with van der Waals surface area (Å²) in [5, 5.41) is 0. The van der Waals surface area contributed by atoms with E-state index in [9.17, 15) is 21.6 Å². The Labute approximate surface area is 229 Å². The van der Waals surface area contributed by atoms with Crippen LogP contribution in [0.4, 0.5) is 22.0 Å². The highest BCUT2D eigenvalue weighted by atomic mass is 32.2. The van der Waals surface area contributed by atoms with Crippen molar-refractivity contribution in [1.29, 1.82) is 0 Å². The molecule has 2 heterocycles. The van der Waals surface area contributed by atoms with Crippen molar-refractivity contribution < 1.29 is 35.1 Å². The average molecular weight is 582 g/mol. The molecule has 3 atom stereocenters. The smallest absolute Gasteiger partial charge is 0.416 e. The third-order valence-corrected chi connectivity index (χ3v) is 9.29. The molecular formula is C28H28F5N3O3S. The Morgan fingerprint density at radius 2 is 1.77 bits per heavy atom. The van der Waals surface area contributed by atoms with Crippen molar-refractivity contribution in [3.8, 4) is 5.75 Å². The minimum atomic E-state index is -4.44. The number of hydrogen-bond donors (Lipinski definition) is 0. The molecule has 6 nitrogen and oxygen atoms in total. The molecule has 1 aliphatic carbocycles. The van der Waals surface area contributed by atoms with Gasteiger partial charge in [0.2, 0.25) is 0 Å². The average Bonchev–Trinajstić information content (AvgIpc) is 3.45. The van der Waals surface area contributed by atoms with Gasteiger partial charge in [-0.15, -0.1) is 0 Å². The van der Waals surface area contributed by atoms with Crippen molar-refractivity contribution in [3.05, 3.63) is 83.4 Å². The lowest BCUT2D eigenvalue weighted by atomic mass is 9.79. The first kappa shape index (κ1) is 28.4. The third kappa shape index (κ3) is 6.27. The van der Waals surface area contributed by atoms with Gasteiger partial charge in [-0.05, 0) is 74.9 Å². The summed E-state index contributed by atoms with van der Waals surface area (Å²) in [6, 6.07) is 7.86. The lowest BCUT2D eigenvalue weighted by Gasteiger charge is -2.41. The molecular weight excluding hydrogens is 553 g/mol. The summed E-state index contributed by atoms with van der Waals surface area (Å²) in [7, 11) is -4.24. The fraction of sp³-hybridized carbons (Fsp3) is 0.429. The van der Waals surface area contributed by atoms with Crippen LogP contribution in [0, 0.1) is 11.6 Å². The maximum absolute atomic E-state index is 15.2. The molecule has 1 saturated carbocycles. The minimum absolute atomic E-state index is 0.140. The maximum atomic E-state index is 15.2. The Bertz CT molecular complexity index is 1450. The Morgan fingerprint density at radius 1 is 1.00 bits per heavy atom. The number of nitrogens with zero attached hydrogens (tertiary/aromatic N) is 3. The van der Waals surface area contributed by atoms with Gasteiger partial charge in [-0.1, -0.05) is 18.2 Å². The summed E-state index contributed by atoms with van der Waals surface area (Å²) in [6.07, 6.45) is 0.864. The Hall–Kier alpha value is -3.12. The summed E-state index contributed by atoms with van der Waals surface area (Å²) in [5.74, 6) is -3.32. The van der Waals surface area contributed by atoms with Crippen LogP contribution in [0.25, 0.3) is 0 Å². The molecule has 0 bridgehead atoms. The lowest BCUT2D eigenvalue weighted by Crippen LogP contribution is -2.48. The highest BCUT2D eigenvalue weighted by Gasteiger charge is 2.39. The number of hydrogen-bond acceptors (Lipinski definition) is 6. The number of benzene rings is 2. The van der Waals surface area contributed by atoms with Gasteiger partial charge >= 0.3 is 6.18 Å². The molecule has 2 aliphatic rings. The highest BCUT2D eigenvalue weighted by Crippen LogP contribution is 2.40. The largest absolute Gasteiger partial charge is 0.486 e. The second kappa shape index (κ2) is 11.4. The highest BCUT2D eigenvalue weighted by molar-refractivity contribution is 7.90. The van der Waals surface area contributed by atoms with E-state index in [4.69, 9.17) is 4.74 Å². The van der Waals surface area contributed by atoms with E-state index in [1.165, 1.54) is 24.4 Å². The van der Waals surface area contributed by atoms with E-state index in [1.807, 2.05) is 0 Å². The van der Waals surface area contributed by atoms with Gasteiger partial charge < -0.3 is 4.74 Å². The van der Waals surface area contributed by atoms with Gasteiger partial charge in [0.25, 0.3) is 0 Å². The number of aromatic nitrogens is 2. The third-order valence-electron chi connectivity index (χ3n) is 7.63. The van der Waals surface area contributed by atoms with Gasteiger partial charge in [0, 0.05) is 18.3 Å². The summed E-state index contributed by atoms with van der Waals surface area (Å²) < 4.78 is 102. The van der Waals surface area contributed by atoms with E-state index in [-0.39, 0.29) is 17.7 Å². The molecule has 5 rings (SSSR count). The summed E-state index contributed by atoms with van der Waals surface area (Å²) >= 11 is 0. The molecule has 0 radical (unpaired) electrons. The molecule has 12 heteroatoms. The molecule has 214 valence electrons. The SMILES string of the molecule is O=S(=O)(Cc1ccncn1)c1cc(F)c(O[C@H]2CC[C@H](c3cccc(C(F)(F)F)c3)C[C@@H]2N2CCCC2)cc1F. The lowest BCUT2D eigenvalue weighted by molar-refractivity contribution is -0.137. The predicted octanol–water partition coefficient (Wildman–Crippen LogP) is 5.93. The molecule has 40 heavy (non-hydrogen) atoms. The van der Waals surface area contributed by atoms with Crippen molar-refractivity contribution >= 4 is 9.84 Å². The van der Waals surface area contributed by atoms with Crippen LogP contribution >= 0.6 is 0 Å². The molecule has 0 N–H and O–H groups in total. The van der Waals surface area contributed by atoms with Gasteiger partial charge in [-0.3, -0.25) is 4.90 Å². The zero-order chi connectivity index (χ0) is 28.5. The van der Waals surface area contributed by atoms with E-state index < -0.39 is 55.7 Å². The van der Waals surface area contributed by atoms with Crippen LogP contribution in [-0.4, -0.2) is 48.5 Å². The number of ether oxygens (including phenoxy) is 1. The first-order valence-corrected chi connectivity index (χ1v) is 14.7. The number of halogens is 5. The van der Waals surface area contributed by atoms with Crippen molar-refractivity contribution in [2.45, 2.75) is 67.0 Å². The minimum Gasteiger partial charge on any atom is -0.486 e. The first-order chi connectivity index (χ1) is 19.0. The van der Waals surface area contributed by atoms with E-state index >= 15 is 8.78 Å². The fourth-order valence-corrected chi connectivity index (χ4v) is 7.02. The molecule has 0 spiro atoms. The van der Waals surface area contributed by atoms with Crippen molar-refractivity contribution in [3.63, 3.8) is 0 Å². The second-order valence-corrected chi connectivity index (χ2v) is 12.2. The van der Waals surface area contributed by atoms with Gasteiger partial charge in [0.15, 0.2) is 21.4 Å². The van der Waals surface area contributed by atoms with Crippen LogP contribution in [0.2, 0.25) is 0 Å². The van der Waals surface area contributed by atoms with E-state index in [1.54, 1.807) is 6.07 Å². The molecule has 1 aromatic heterocycles. The molecule has 1 aliphatic heterocycles. The Balaban J connectivity index is 1.36. The molecule has 0 unspecified atom stereocenters. The van der Waals surface area contributed by atoms with Crippen LogP contribution in [0.1, 0.15) is 54.8 Å². The van der Waals surface area contributed by atoms with E-state index in [0.717, 1.165) is 44.4 Å². The monoisotopic (exact) mass is 581 g/mol. The normalized spacial score (nSPS) is 22.4. The van der Waals surface area contributed by atoms with Crippen LogP contribution in [0.3, 0.4) is 0 Å². The Morgan fingerprint density at radius 3 is 2.48 bits per heavy atom.